The molecule has 0 bridgehead atoms. The Bertz CT molecular complexity index is 367. The molecule has 2 rings (SSSR count). The van der Waals surface area contributed by atoms with Crippen LogP contribution in [0, 0.1) is 0 Å². The summed E-state index contributed by atoms with van der Waals surface area (Å²) in [5, 5.41) is 9.67. The number of phenolic OH excluding ortho intramolecular Hbond substituents is 1. The van der Waals surface area contributed by atoms with Gasteiger partial charge in [-0.15, -0.1) is 0 Å². The van der Waals surface area contributed by atoms with Gasteiger partial charge in [0.15, 0.2) is 0 Å². The van der Waals surface area contributed by atoms with Crippen molar-refractivity contribution in [1.29, 1.82) is 0 Å². The van der Waals surface area contributed by atoms with Gasteiger partial charge in [-0.25, -0.2) is 0 Å². The van der Waals surface area contributed by atoms with Crippen molar-refractivity contribution in [2.45, 2.75) is 44.6 Å². The van der Waals surface area contributed by atoms with Crippen LogP contribution in [0.3, 0.4) is 0 Å². The Hall–Kier alpha value is -1.02. The van der Waals surface area contributed by atoms with Gasteiger partial charge in [0.1, 0.15) is 5.75 Å². The molecule has 0 aliphatic heterocycles. The summed E-state index contributed by atoms with van der Waals surface area (Å²) in [6, 6.07) is 5.78. The second-order valence-corrected chi connectivity index (χ2v) is 4.98. The van der Waals surface area contributed by atoms with Gasteiger partial charge < -0.3 is 10.8 Å². The molecule has 2 nitrogen and oxygen atoms in total. The van der Waals surface area contributed by atoms with Crippen LogP contribution in [0.15, 0.2) is 18.2 Å². The zero-order valence-electron chi connectivity index (χ0n) is 9.46. The first kappa shape index (κ1) is 10.5. The molecule has 0 amide bonds. The molecule has 0 atom stereocenters. The van der Waals surface area contributed by atoms with Crippen LogP contribution in [0.1, 0.15) is 50.2 Å². The predicted octanol–water partition coefficient (Wildman–Crippen LogP) is 2.85. The van der Waals surface area contributed by atoms with Crippen LogP contribution < -0.4 is 5.73 Å². The molecule has 1 aliphatic rings. The fraction of sp³-hybridized carbons (Fsp3) is 0.538. The lowest BCUT2D eigenvalue weighted by atomic mass is 9.72. The second kappa shape index (κ2) is 3.53. The summed E-state index contributed by atoms with van der Waals surface area (Å²) >= 11 is 0. The van der Waals surface area contributed by atoms with Crippen LogP contribution >= 0.6 is 0 Å². The predicted molar refractivity (Wildman–Crippen MR) is 61.9 cm³/mol. The molecule has 1 fully saturated rings. The van der Waals surface area contributed by atoms with Crippen LogP contribution in [-0.2, 0) is 5.54 Å². The molecular formula is C13H19NO. The van der Waals surface area contributed by atoms with Crippen molar-refractivity contribution in [3.63, 3.8) is 0 Å². The van der Waals surface area contributed by atoms with Gasteiger partial charge in [0.05, 0.1) is 0 Å². The van der Waals surface area contributed by atoms with E-state index in [2.05, 4.69) is 19.9 Å². The van der Waals surface area contributed by atoms with Crippen molar-refractivity contribution >= 4 is 0 Å². The first-order valence-corrected chi connectivity index (χ1v) is 5.64. The van der Waals surface area contributed by atoms with E-state index in [0.717, 1.165) is 18.4 Å². The maximum absolute atomic E-state index is 9.67. The van der Waals surface area contributed by atoms with Crippen LogP contribution in [0.5, 0.6) is 5.75 Å². The highest BCUT2D eigenvalue weighted by Gasteiger charge is 2.34. The molecule has 1 saturated carbocycles. The van der Waals surface area contributed by atoms with Gasteiger partial charge in [-0.3, -0.25) is 0 Å². The Labute approximate surface area is 91.1 Å². The van der Waals surface area contributed by atoms with Crippen LogP contribution in [0.4, 0.5) is 0 Å². The lowest BCUT2D eigenvalue weighted by Crippen LogP contribution is -2.43. The van der Waals surface area contributed by atoms with E-state index in [0.29, 0.717) is 11.7 Å². The minimum absolute atomic E-state index is 0.178. The summed E-state index contributed by atoms with van der Waals surface area (Å²) in [5.41, 5.74) is 8.34. The molecule has 0 radical (unpaired) electrons. The third kappa shape index (κ3) is 1.86. The fourth-order valence-corrected chi connectivity index (χ4v) is 2.10. The third-order valence-electron chi connectivity index (χ3n) is 3.43. The molecule has 82 valence electrons. The van der Waals surface area contributed by atoms with Gasteiger partial charge in [-0.2, -0.15) is 0 Å². The highest BCUT2D eigenvalue weighted by molar-refractivity contribution is 5.39. The summed E-state index contributed by atoms with van der Waals surface area (Å²) in [7, 11) is 0. The zero-order valence-corrected chi connectivity index (χ0v) is 9.46. The van der Waals surface area contributed by atoms with Crippen molar-refractivity contribution in [2.75, 3.05) is 0 Å². The van der Waals surface area contributed by atoms with E-state index < -0.39 is 0 Å². The largest absolute Gasteiger partial charge is 0.508 e. The van der Waals surface area contributed by atoms with E-state index in [-0.39, 0.29) is 5.54 Å². The fourth-order valence-electron chi connectivity index (χ4n) is 2.10. The van der Waals surface area contributed by atoms with Crippen LogP contribution in [0.25, 0.3) is 0 Å². The molecule has 0 spiro atoms. The van der Waals surface area contributed by atoms with Crippen molar-refractivity contribution in [3.8, 4) is 5.75 Å². The summed E-state index contributed by atoms with van der Waals surface area (Å²) in [6.45, 7) is 4.25. The number of hydrogen-bond donors (Lipinski definition) is 2. The number of benzene rings is 1. The average molecular weight is 205 g/mol. The Morgan fingerprint density at radius 3 is 2.40 bits per heavy atom. The lowest BCUT2D eigenvalue weighted by molar-refractivity contribution is 0.252. The molecule has 1 aromatic carbocycles. The molecular weight excluding hydrogens is 186 g/mol. The molecule has 2 heteroatoms. The monoisotopic (exact) mass is 205 g/mol. The highest BCUT2D eigenvalue weighted by atomic mass is 16.3. The summed E-state index contributed by atoms with van der Waals surface area (Å²) in [6.07, 6.45) is 3.27. The molecule has 0 aromatic heterocycles. The van der Waals surface area contributed by atoms with E-state index in [4.69, 9.17) is 5.73 Å². The number of phenols is 1. The first-order valence-electron chi connectivity index (χ1n) is 5.64. The smallest absolute Gasteiger partial charge is 0.116 e. The Morgan fingerprint density at radius 1 is 1.27 bits per heavy atom. The topological polar surface area (TPSA) is 46.2 Å². The Balaban J connectivity index is 2.39. The van der Waals surface area contributed by atoms with Crippen molar-refractivity contribution in [2.24, 2.45) is 5.73 Å². The summed E-state index contributed by atoms with van der Waals surface area (Å²) in [4.78, 5) is 0. The van der Waals surface area contributed by atoms with Crippen molar-refractivity contribution in [1.82, 2.24) is 0 Å². The Morgan fingerprint density at radius 2 is 1.93 bits per heavy atom. The van der Waals surface area contributed by atoms with Gasteiger partial charge >= 0.3 is 0 Å². The van der Waals surface area contributed by atoms with Crippen molar-refractivity contribution in [3.05, 3.63) is 29.3 Å². The second-order valence-electron chi connectivity index (χ2n) is 4.98. The van der Waals surface area contributed by atoms with Gasteiger partial charge in [-0.1, -0.05) is 19.9 Å². The zero-order chi connectivity index (χ0) is 11.1. The highest BCUT2D eigenvalue weighted by Crippen LogP contribution is 2.40. The van der Waals surface area contributed by atoms with E-state index in [1.807, 2.05) is 12.1 Å². The minimum atomic E-state index is -0.178. The molecule has 15 heavy (non-hydrogen) atoms. The normalized spacial score (nSPS) is 18.9. The minimum Gasteiger partial charge on any atom is -0.508 e. The van der Waals surface area contributed by atoms with E-state index in [1.165, 1.54) is 12.0 Å². The molecule has 1 aromatic rings. The van der Waals surface area contributed by atoms with Gasteiger partial charge in [0.25, 0.3) is 0 Å². The Kier molecular flexibility index (Phi) is 2.47. The van der Waals surface area contributed by atoms with Gasteiger partial charge in [0.2, 0.25) is 0 Å². The standard InChI is InChI=1S/C13H19NO/c1-9(2)10-6-11(8-12(15)7-10)13(14)4-3-5-13/h6-9,15H,3-5,14H2,1-2H3. The summed E-state index contributed by atoms with van der Waals surface area (Å²) in [5.74, 6) is 0.771. The molecule has 0 saturated heterocycles. The van der Waals surface area contributed by atoms with E-state index in [1.54, 1.807) is 0 Å². The van der Waals surface area contributed by atoms with Crippen LogP contribution in [-0.4, -0.2) is 5.11 Å². The van der Waals surface area contributed by atoms with Crippen molar-refractivity contribution < 1.29 is 5.11 Å². The quantitative estimate of drug-likeness (QED) is 0.779. The number of aromatic hydroxyl groups is 1. The average Bonchev–Trinajstić information content (AvgIpc) is 2.13. The maximum atomic E-state index is 9.67. The lowest BCUT2D eigenvalue weighted by Gasteiger charge is -2.39. The summed E-state index contributed by atoms with van der Waals surface area (Å²) < 4.78 is 0. The molecule has 0 unspecified atom stereocenters. The maximum Gasteiger partial charge on any atom is 0.116 e. The number of nitrogens with two attached hydrogens (primary N) is 1. The number of hydrogen-bond acceptors (Lipinski definition) is 2. The SMILES string of the molecule is CC(C)c1cc(O)cc(C2(N)CCC2)c1. The van der Waals surface area contributed by atoms with Gasteiger partial charge in [-0.05, 0) is 48.4 Å². The molecule has 1 aliphatic carbocycles. The van der Waals surface area contributed by atoms with E-state index >= 15 is 0 Å². The van der Waals surface area contributed by atoms with E-state index in [9.17, 15) is 5.11 Å². The molecule has 3 N–H and O–H groups in total. The number of rotatable bonds is 2. The first-order chi connectivity index (χ1) is 7.01. The molecule has 0 heterocycles. The third-order valence-corrected chi connectivity index (χ3v) is 3.43. The van der Waals surface area contributed by atoms with Gasteiger partial charge in [0, 0.05) is 5.54 Å². The van der Waals surface area contributed by atoms with Crippen LogP contribution in [0.2, 0.25) is 0 Å².